The molecule has 2 rings (SSSR count). The maximum absolute atomic E-state index is 8.77. The Hall–Kier alpha value is -1.07. The first-order valence-electron chi connectivity index (χ1n) is 5.68. The maximum atomic E-state index is 8.77. The fourth-order valence-corrected chi connectivity index (χ4v) is 2.19. The molecule has 0 bridgehead atoms. The van der Waals surface area contributed by atoms with Crippen LogP contribution in [0.1, 0.15) is 12.5 Å². The van der Waals surface area contributed by atoms with E-state index in [0.29, 0.717) is 34.4 Å². The van der Waals surface area contributed by atoms with Crippen LogP contribution in [0.25, 0.3) is 6.08 Å². The molecular formula is C13H13Cl2NO3. The van der Waals surface area contributed by atoms with Crippen molar-refractivity contribution in [2.24, 2.45) is 5.16 Å². The third-order valence-electron chi connectivity index (χ3n) is 2.85. The van der Waals surface area contributed by atoms with Crippen LogP contribution in [0.5, 0.6) is 0 Å². The van der Waals surface area contributed by atoms with Crippen molar-refractivity contribution in [3.63, 3.8) is 0 Å². The molecule has 0 unspecified atom stereocenters. The summed E-state index contributed by atoms with van der Waals surface area (Å²) < 4.78 is 11.1. The summed E-state index contributed by atoms with van der Waals surface area (Å²) in [6.45, 7) is 2.72. The van der Waals surface area contributed by atoms with Gasteiger partial charge in [0.05, 0.1) is 29.5 Å². The van der Waals surface area contributed by atoms with E-state index in [1.165, 1.54) is 6.21 Å². The number of rotatable bonds is 3. The molecule has 1 aliphatic rings. The van der Waals surface area contributed by atoms with Gasteiger partial charge in [0.15, 0.2) is 5.79 Å². The summed E-state index contributed by atoms with van der Waals surface area (Å²) in [5.74, 6) is -0.947. The molecule has 0 saturated carbocycles. The Labute approximate surface area is 121 Å². The summed E-state index contributed by atoms with van der Waals surface area (Å²) >= 11 is 12.1. The highest BCUT2D eigenvalue weighted by Crippen LogP contribution is 2.32. The third kappa shape index (κ3) is 3.09. The first-order chi connectivity index (χ1) is 9.07. The van der Waals surface area contributed by atoms with Crippen molar-refractivity contribution in [2.75, 3.05) is 13.2 Å². The van der Waals surface area contributed by atoms with Gasteiger partial charge in [-0.2, -0.15) is 0 Å². The molecule has 102 valence electrons. The number of nitrogens with zero attached hydrogens (tertiary/aromatic N) is 1. The molecule has 1 fully saturated rings. The van der Waals surface area contributed by atoms with E-state index in [1.807, 2.05) is 0 Å². The molecule has 0 atom stereocenters. The van der Waals surface area contributed by atoms with Crippen LogP contribution in [-0.4, -0.2) is 30.4 Å². The standard InChI is InChI=1S/C13H13Cl2NO3/c1-13(18-5-6-19-13)10(8-16-17)7-9-3-2-4-11(14)12(9)15/h2-4,7-8,17H,5-6H2,1H3. The Morgan fingerprint density at radius 3 is 2.68 bits per heavy atom. The van der Waals surface area contributed by atoms with E-state index in [0.717, 1.165) is 0 Å². The predicted molar refractivity (Wildman–Crippen MR) is 75.0 cm³/mol. The van der Waals surface area contributed by atoms with Gasteiger partial charge >= 0.3 is 0 Å². The number of hydrogen-bond donors (Lipinski definition) is 1. The number of benzene rings is 1. The first-order valence-corrected chi connectivity index (χ1v) is 6.44. The normalized spacial score (nSPS) is 19.2. The molecule has 1 aliphatic heterocycles. The molecule has 0 aromatic heterocycles. The largest absolute Gasteiger partial charge is 0.411 e. The molecule has 4 nitrogen and oxygen atoms in total. The smallest absolute Gasteiger partial charge is 0.193 e. The van der Waals surface area contributed by atoms with Gasteiger partial charge in [-0.1, -0.05) is 40.5 Å². The maximum Gasteiger partial charge on any atom is 0.193 e. The minimum absolute atomic E-state index is 0.426. The van der Waals surface area contributed by atoms with E-state index in [2.05, 4.69) is 5.16 Å². The summed E-state index contributed by atoms with van der Waals surface area (Å²) in [6.07, 6.45) is 2.99. The Kier molecular flexibility index (Phi) is 4.47. The van der Waals surface area contributed by atoms with E-state index in [4.69, 9.17) is 37.9 Å². The average molecular weight is 302 g/mol. The molecule has 0 aliphatic carbocycles. The SMILES string of the molecule is CC1(C(C=NO)=Cc2cccc(Cl)c2Cl)OCCO1. The second kappa shape index (κ2) is 5.92. The fraction of sp³-hybridized carbons (Fsp3) is 0.308. The van der Waals surface area contributed by atoms with Gasteiger partial charge in [0.2, 0.25) is 0 Å². The zero-order valence-corrected chi connectivity index (χ0v) is 11.8. The molecule has 1 heterocycles. The van der Waals surface area contributed by atoms with E-state index in [1.54, 1.807) is 31.2 Å². The van der Waals surface area contributed by atoms with Crippen molar-refractivity contribution in [2.45, 2.75) is 12.7 Å². The van der Waals surface area contributed by atoms with Crippen LogP contribution in [0.3, 0.4) is 0 Å². The van der Waals surface area contributed by atoms with Crippen molar-refractivity contribution in [3.05, 3.63) is 39.4 Å². The molecule has 1 aromatic carbocycles. The van der Waals surface area contributed by atoms with E-state index < -0.39 is 5.79 Å². The molecule has 0 spiro atoms. The van der Waals surface area contributed by atoms with Crippen LogP contribution in [-0.2, 0) is 9.47 Å². The lowest BCUT2D eigenvalue weighted by Crippen LogP contribution is -2.29. The van der Waals surface area contributed by atoms with Gasteiger partial charge in [0.25, 0.3) is 0 Å². The van der Waals surface area contributed by atoms with Gasteiger partial charge in [-0.25, -0.2) is 0 Å². The van der Waals surface area contributed by atoms with Crippen molar-refractivity contribution in [1.82, 2.24) is 0 Å². The first kappa shape index (κ1) is 14.3. The van der Waals surface area contributed by atoms with Crippen molar-refractivity contribution >= 4 is 35.5 Å². The summed E-state index contributed by atoms with van der Waals surface area (Å²) in [7, 11) is 0. The number of hydrogen-bond acceptors (Lipinski definition) is 4. The van der Waals surface area contributed by atoms with Crippen molar-refractivity contribution in [1.29, 1.82) is 0 Å². The van der Waals surface area contributed by atoms with Gasteiger partial charge in [0, 0.05) is 5.57 Å². The Balaban J connectivity index is 2.44. The van der Waals surface area contributed by atoms with Gasteiger partial charge in [-0.15, -0.1) is 0 Å². The van der Waals surface area contributed by atoms with Crippen molar-refractivity contribution < 1.29 is 14.7 Å². The lowest BCUT2D eigenvalue weighted by atomic mass is 10.0. The third-order valence-corrected chi connectivity index (χ3v) is 3.69. The average Bonchev–Trinajstić information content (AvgIpc) is 2.82. The second-order valence-electron chi connectivity index (χ2n) is 4.13. The number of oxime groups is 1. The van der Waals surface area contributed by atoms with Crippen LogP contribution in [0.15, 0.2) is 28.9 Å². The summed E-state index contributed by atoms with van der Waals surface area (Å²) in [4.78, 5) is 0. The van der Waals surface area contributed by atoms with E-state index in [9.17, 15) is 0 Å². The predicted octanol–water partition coefficient (Wildman–Crippen LogP) is 3.60. The van der Waals surface area contributed by atoms with E-state index in [-0.39, 0.29) is 0 Å². The quantitative estimate of drug-likeness (QED) is 0.527. The minimum atomic E-state index is -0.947. The van der Waals surface area contributed by atoms with Gasteiger partial charge in [0.1, 0.15) is 0 Å². The molecular weight excluding hydrogens is 289 g/mol. The Bertz CT molecular complexity index is 523. The van der Waals surface area contributed by atoms with Crippen LogP contribution >= 0.6 is 23.2 Å². The van der Waals surface area contributed by atoms with E-state index >= 15 is 0 Å². The van der Waals surface area contributed by atoms with Crippen molar-refractivity contribution in [3.8, 4) is 0 Å². The van der Waals surface area contributed by atoms with Crippen LogP contribution in [0.2, 0.25) is 10.0 Å². The molecule has 19 heavy (non-hydrogen) atoms. The fourth-order valence-electron chi connectivity index (χ4n) is 1.83. The lowest BCUT2D eigenvalue weighted by molar-refractivity contribution is -0.104. The molecule has 1 N–H and O–H groups in total. The van der Waals surface area contributed by atoms with Crippen LogP contribution in [0, 0.1) is 0 Å². The second-order valence-corrected chi connectivity index (χ2v) is 4.92. The van der Waals surface area contributed by atoms with Gasteiger partial charge in [-0.3, -0.25) is 0 Å². The Morgan fingerprint density at radius 1 is 1.37 bits per heavy atom. The number of halogens is 2. The lowest BCUT2D eigenvalue weighted by Gasteiger charge is -2.23. The monoisotopic (exact) mass is 301 g/mol. The zero-order chi connectivity index (χ0) is 13.9. The summed E-state index contributed by atoms with van der Waals surface area (Å²) in [6, 6.07) is 5.29. The minimum Gasteiger partial charge on any atom is -0.411 e. The highest BCUT2D eigenvalue weighted by atomic mass is 35.5. The van der Waals surface area contributed by atoms with Crippen LogP contribution in [0.4, 0.5) is 0 Å². The summed E-state index contributed by atoms with van der Waals surface area (Å²) in [5.41, 5.74) is 1.25. The van der Waals surface area contributed by atoms with Gasteiger partial charge in [-0.05, 0) is 24.6 Å². The molecule has 0 radical (unpaired) electrons. The highest BCUT2D eigenvalue weighted by molar-refractivity contribution is 6.42. The zero-order valence-electron chi connectivity index (χ0n) is 10.3. The molecule has 1 saturated heterocycles. The van der Waals surface area contributed by atoms with Gasteiger partial charge < -0.3 is 14.7 Å². The molecule has 6 heteroatoms. The molecule has 1 aromatic rings. The number of ether oxygens (including phenoxy) is 2. The highest BCUT2D eigenvalue weighted by Gasteiger charge is 2.34. The topological polar surface area (TPSA) is 51.1 Å². The summed E-state index contributed by atoms with van der Waals surface area (Å²) in [5, 5.41) is 12.7. The Morgan fingerprint density at radius 2 is 2.05 bits per heavy atom. The molecule has 0 amide bonds. The van der Waals surface area contributed by atoms with Crippen LogP contribution < -0.4 is 0 Å².